The zero-order valence-corrected chi connectivity index (χ0v) is 10.8. The average Bonchev–Trinajstić information content (AvgIpc) is 2.79. The second-order valence-corrected chi connectivity index (χ2v) is 5.02. The van der Waals surface area contributed by atoms with Crippen molar-refractivity contribution in [2.24, 2.45) is 0 Å². The minimum Gasteiger partial charge on any atom is -0.396 e. The molecule has 2 aromatic heterocycles. The number of pyridine rings is 1. The maximum absolute atomic E-state index is 5.94. The molecule has 2 rings (SSSR count). The minimum absolute atomic E-state index is 0.672. The lowest BCUT2D eigenvalue weighted by Crippen LogP contribution is -2.05. The summed E-state index contributed by atoms with van der Waals surface area (Å²) in [4.78, 5) is 9.86. The van der Waals surface area contributed by atoms with Gasteiger partial charge in [-0.25, -0.2) is 9.97 Å². The molecule has 2 aromatic rings. The number of nitrogens with two attached hydrogens (primary N) is 1. The molecule has 0 saturated heterocycles. The lowest BCUT2D eigenvalue weighted by Gasteiger charge is -2.08. The molecule has 0 spiro atoms. The summed E-state index contributed by atoms with van der Waals surface area (Å²) in [6.45, 7) is 4.77. The topological polar surface area (TPSA) is 63.8 Å². The molecule has 0 aromatic carbocycles. The minimum atomic E-state index is 0.672. The number of nitrogen functional groups attached to an aromatic ring is 1. The van der Waals surface area contributed by atoms with Gasteiger partial charge >= 0.3 is 0 Å². The first kappa shape index (κ1) is 11.9. The van der Waals surface area contributed by atoms with Crippen LogP contribution in [0.15, 0.2) is 18.5 Å². The Hall–Kier alpha value is -1.62. The Morgan fingerprint density at radius 3 is 2.94 bits per heavy atom. The van der Waals surface area contributed by atoms with Crippen LogP contribution in [-0.4, -0.2) is 9.97 Å². The summed E-state index contributed by atoms with van der Waals surface area (Å²) in [5.74, 6) is 0.734. The van der Waals surface area contributed by atoms with Crippen molar-refractivity contribution in [3.63, 3.8) is 0 Å². The predicted octanol–water partition coefficient (Wildman–Crippen LogP) is 2.60. The second-order valence-electron chi connectivity index (χ2n) is 3.82. The van der Waals surface area contributed by atoms with Crippen molar-refractivity contribution in [1.29, 1.82) is 0 Å². The van der Waals surface area contributed by atoms with Crippen molar-refractivity contribution >= 4 is 22.8 Å². The van der Waals surface area contributed by atoms with Crippen molar-refractivity contribution in [3.8, 4) is 0 Å². The average molecular weight is 248 g/mol. The van der Waals surface area contributed by atoms with Gasteiger partial charge in [-0.05, 0) is 25.0 Å². The number of aromatic nitrogens is 2. The van der Waals surface area contributed by atoms with E-state index >= 15 is 0 Å². The van der Waals surface area contributed by atoms with E-state index in [0.717, 1.165) is 22.8 Å². The summed E-state index contributed by atoms with van der Waals surface area (Å²) >= 11 is 1.72. The van der Waals surface area contributed by atoms with Gasteiger partial charge in [0.15, 0.2) is 0 Å². The quantitative estimate of drug-likeness (QED) is 0.873. The predicted molar refractivity (Wildman–Crippen MR) is 72.2 cm³/mol. The fourth-order valence-electron chi connectivity index (χ4n) is 1.46. The zero-order chi connectivity index (χ0) is 12.3. The van der Waals surface area contributed by atoms with Gasteiger partial charge in [0, 0.05) is 17.3 Å². The second kappa shape index (κ2) is 5.14. The Balaban J connectivity index is 2.04. The third-order valence-corrected chi connectivity index (χ3v) is 3.71. The Morgan fingerprint density at radius 2 is 2.24 bits per heavy atom. The van der Waals surface area contributed by atoms with E-state index in [9.17, 15) is 0 Å². The van der Waals surface area contributed by atoms with Crippen LogP contribution in [0.2, 0.25) is 0 Å². The molecular weight excluding hydrogens is 232 g/mol. The van der Waals surface area contributed by atoms with Crippen LogP contribution in [0.5, 0.6) is 0 Å². The van der Waals surface area contributed by atoms with Gasteiger partial charge in [0.2, 0.25) is 0 Å². The van der Waals surface area contributed by atoms with Crippen LogP contribution in [-0.2, 0) is 13.0 Å². The molecule has 4 nitrogen and oxygen atoms in total. The lowest BCUT2D eigenvalue weighted by atomic mass is 10.2. The van der Waals surface area contributed by atoms with Gasteiger partial charge in [-0.1, -0.05) is 6.92 Å². The number of thiazole rings is 1. The van der Waals surface area contributed by atoms with Crippen molar-refractivity contribution in [2.45, 2.75) is 26.8 Å². The normalized spacial score (nSPS) is 10.5. The molecule has 17 heavy (non-hydrogen) atoms. The largest absolute Gasteiger partial charge is 0.396 e. The molecule has 0 aliphatic rings. The first-order valence-electron chi connectivity index (χ1n) is 5.59. The van der Waals surface area contributed by atoms with Gasteiger partial charge in [0.05, 0.1) is 12.2 Å². The summed E-state index contributed by atoms with van der Waals surface area (Å²) in [7, 11) is 0. The summed E-state index contributed by atoms with van der Waals surface area (Å²) in [5, 5.41) is 4.28. The summed E-state index contributed by atoms with van der Waals surface area (Å²) < 4.78 is 0. The van der Waals surface area contributed by atoms with Crippen LogP contribution < -0.4 is 11.1 Å². The van der Waals surface area contributed by atoms with Crippen LogP contribution >= 0.6 is 11.3 Å². The molecule has 0 atom stereocenters. The van der Waals surface area contributed by atoms with E-state index in [0.29, 0.717) is 12.2 Å². The maximum Gasteiger partial charge on any atom is 0.149 e. The van der Waals surface area contributed by atoms with Crippen LogP contribution in [0.3, 0.4) is 0 Å². The molecule has 0 amide bonds. The summed E-state index contributed by atoms with van der Waals surface area (Å²) in [5.41, 5.74) is 7.68. The molecule has 90 valence electrons. The van der Waals surface area contributed by atoms with Crippen molar-refractivity contribution in [3.05, 3.63) is 33.9 Å². The highest BCUT2D eigenvalue weighted by atomic mass is 32.1. The highest BCUT2D eigenvalue weighted by Crippen LogP contribution is 2.20. The summed E-state index contributed by atoms with van der Waals surface area (Å²) in [6.07, 6.45) is 4.71. The monoisotopic (exact) mass is 248 g/mol. The van der Waals surface area contributed by atoms with Crippen molar-refractivity contribution in [2.75, 3.05) is 11.1 Å². The molecule has 0 unspecified atom stereocenters. The van der Waals surface area contributed by atoms with E-state index in [1.165, 1.54) is 4.88 Å². The van der Waals surface area contributed by atoms with Crippen LogP contribution in [0.1, 0.15) is 22.4 Å². The number of hydrogen-bond acceptors (Lipinski definition) is 5. The van der Waals surface area contributed by atoms with Crippen molar-refractivity contribution < 1.29 is 0 Å². The molecule has 0 aliphatic carbocycles. The Kier molecular flexibility index (Phi) is 3.58. The van der Waals surface area contributed by atoms with E-state index < -0.39 is 0 Å². The number of anilines is 2. The van der Waals surface area contributed by atoms with E-state index in [1.54, 1.807) is 17.5 Å². The van der Waals surface area contributed by atoms with Crippen LogP contribution in [0, 0.1) is 6.92 Å². The van der Waals surface area contributed by atoms with Crippen LogP contribution in [0.4, 0.5) is 11.5 Å². The Bertz CT molecular complexity index is 507. The van der Waals surface area contributed by atoms with E-state index in [-0.39, 0.29) is 0 Å². The first-order valence-corrected chi connectivity index (χ1v) is 6.41. The number of nitrogens with zero attached hydrogens (tertiary/aromatic N) is 2. The number of aryl methyl sites for hydroxylation is 2. The fraction of sp³-hybridized carbons (Fsp3) is 0.333. The number of nitrogens with one attached hydrogen (secondary N) is 1. The highest BCUT2D eigenvalue weighted by molar-refractivity contribution is 7.11. The van der Waals surface area contributed by atoms with Gasteiger partial charge in [0.25, 0.3) is 0 Å². The lowest BCUT2D eigenvalue weighted by molar-refractivity contribution is 1.07. The maximum atomic E-state index is 5.94. The van der Waals surface area contributed by atoms with Gasteiger partial charge in [0.1, 0.15) is 10.8 Å². The zero-order valence-electron chi connectivity index (χ0n) is 10.0. The Morgan fingerprint density at radius 1 is 1.41 bits per heavy atom. The van der Waals surface area contributed by atoms with Crippen molar-refractivity contribution in [1.82, 2.24) is 9.97 Å². The molecule has 0 bridgehead atoms. The third-order valence-electron chi connectivity index (χ3n) is 2.57. The first-order chi connectivity index (χ1) is 8.20. The molecule has 2 heterocycles. The fourth-order valence-corrected chi connectivity index (χ4v) is 2.27. The van der Waals surface area contributed by atoms with E-state index in [2.05, 4.69) is 22.2 Å². The third kappa shape index (κ3) is 2.74. The molecular formula is C12H16N4S. The summed E-state index contributed by atoms with van der Waals surface area (Å²) in [6, 6.07) is 1.90. The highest BCUT2D eigenvalue weighted by Gasteiger charge is 2.04. The van der Waals surface area contributed by atoms with Gasteiger partial charge < -0.3 is 11.1 Å². The molecule has 0 fully saturated rings. The van der Waals surface area contributed by atoms with E-state index in [1.807, 2.05) is 19.2 Å². The van der Waals surface area contributed by atoms with Gasteiger partial charge in [-0.3, -0.25) is 0 Å². The molecule has 5 heteroatoms. The molecule has 0 saturated carbocycles. The molecule has 0 aliphatic heterocycles. The smallest absolute Gasteiger partial charge is 0.149 e. The molecule has 0 radical (unpaired) electrons. The number of hydrogen-bond donors (Lipinski definition) is 2. The SMILES string of the molecule is CCc1cnc(CNc2nccc(C)c2N)s1. The number of rotatable bonds is 4. The Labute approximate surface area is 105 Å². The van der Waals surface area contributed by atoms with Crippen LogP contribution in [0.25, 0.3) is 0 Å². The van der Waals surface area contributed by atoms with Gasteiger partial charge in [-0.15, -0.1) is 11.3 Å². The van der Waals surface area contributed by atoms with Gasteiger partial charge in [-0.2, -0.15) is 0 Å². The standard InChI is InChI=1S/C12H16N4S/c1-3-9-6-15-10(17-9)7-16-12-11(13)8(2)4-5-14-12/h4-6H,3,7,13H2,1-2H3,(H,14,16). The molecule has 3 N–H and O–H groups in total. The van der Waals surface area contributed by atoms with E-state index in [4.69, 9.17) is 5.73 Å².